The molecule has 1 saturated heterocycles. The van der Waals surface area contributed by atoms with Gasteiger partial charge < -0.3 is 10.4 Å². The number of hydrogen-bond acceptors (Lipinski definition) is 5. The molecule has 0 amide bonds. The van der Waals surface area contributed by atoms with E-state index in [4.69, 9.17) is 0 Å². The summed E-state index contributed by atoms with van der Waals surface area (Å²) in [5, 5.41) is 14.6. The molecular weight excluding hydrogens is 348 g/mol. The fraction of sp³-hybridized carbons (Fsp3) is 0.688. The highest BCUT2D eigenvalue weighted by Gasteiger charge is 2.51. The highest BCUT2D eigenvalue weighted by molar-refractivity contribution is 7.91. The van der Waals surface area contributed by atoms with E-state index in [1.807, 2.05) is 0 Å². The summed E-state index contributed by atoms with van der Waals surface area (Å²) in [6, 6.07) is 3.21. The Balaban J connectivity index is 2.24. The highest BCUT2D eigenvalue weighted by atomic mass is 32.2. The number of carboxylic acids is 1. The Hall–Kier alpha value is -0.960. The van der Waals surface area contributed by atoms with Crippen LogP contribution >= 0.6 is 11.3 Å². The van der Waals surface area contributed by atoms with E-state index in [0.29, 0.717) is 19.4 Å². The summed E-state index contributed by atoms with van der Waals surface area (Å²) in [6.45, 7) is 2.93. The summed E-state index contributed by atoms with van der Waals surface area (Å²) in [7, 11) is -3.79. The zero-order valence-electron chi connectivity index (χ0n) is 14.0. The summed E-state index contributed by atoms with van der Waals surface area (Å²) in [5.74, 6) is -1.06. The van der Waals surface area contributed by atoms with Gasteiger partial charge in [0.1, 0.15) is 9.75 Å². The van der Waals surface area contributed by atoms with Crippen LogP contribution in [0.1, 0.15) is 45.4 Å². The van der Waals surface area contributed by atoms with Crippen molar-refractivity contribution < 1.29 is 18.3 Å². The van der Waals surface area contributed by atoms with Crippen LogP contribution in [0.2, 0.25) is 0 Å². The van der Waals surface area contributed by atoms with Gasteiger partial charge in [0, 0.05) is 19.6 Å². The van der Waals surface area contributed by atoms with Gasteiger partial charge in [-0.3, -0.25) is 4.79 Å². The van der Waals surface area contributed by atoms with Gasteiger partial charge in [0.25, 0.3) is 10.0 Å². The zero-order chi connectivity index (χ0) is 17.6. The SMILES string of the molecule is CCCCCCCC1(C(=O)O)CNCCN1S(=O)(=O)c1cccs1. The number of carboxylic acid groups (broad SMARTS) is 1. The second-order valence-electron chi connectivity index (χ2n) is 6.19. The van der Waals surface area contributed by atoms with Gasteiger partial charge in [-0.15, -0.1) is 11.3 Å². The number of aliphatic carboxylic acids is 1. The molecule has 0 aromatic carbocycles. The molecule has 1 unspecified atom stereocenters. The first-order valence-electron chi connectivity index (χ1n) is 8.45. The Kier molecular flexibility index (Phi) is 6.79. The zero-order valence-corrected chi connectivity index (χ0v) is 15.7. The fourth-order valence-corrected chi connectivity index (χ4v) is 6.04. The lowest BCUT2D eigenvalue weighted by Gasteiger charge is -2.43. The number of hydrogen-bond donors (Lipinski definition) is 2. The molecule has 0 bridgehead atoms. The van der Waals surface area contributed by atoms with Crippen LogP contribution in [0.5, 0.6) is 0 Å². The van der Waals surface area contributed by atoms with Gasteiger partial charge in [0.15, 0.2) is 0 Å². The number of unbranched alkanes of at least 4 members (excludes halogenated alkanes) is 4. The minimum atomic E-state index is -3.79. The van der Waals surface area contributed by atoms with Crippen LogP contribution in [0.25, 0.3) is 0 Å². The van der Waals surface area contributed by atoms with E-state index in [2.05, 4.69) is 12.2 Å². The molecule has 2 heterocycles. The Morgan fingerprint density at radius 1 is 1.38 bits per heavy atom. The summed E-state index contributed by atoms with van der Waals surface area (Å²) in [6.07, 6.45) is 5.27. The molecular formula is C16H26N2O4S2. The summed E-state index contributed by atoms with van der Waals surface area (Å²) in [5.41, 5.74) is -1.40. The van der Waals surface area contributed by atoms with Gasteiger partial charge in [-0.2, -0.15) is 4.31 Å². The van der Waals surface area contributed by atoms with Crippen molar-refractivity contribution in [2.24, 2.45) is 0 Å². The first kappa shape index (κ1) is 19.4. The van der Waals surface area contributed by atoms with Crippen LogP contribution in [0.15, 0.2) is 21.7 Å². The average Bonchev–Trinajstić information content (AvgIpc) is 3.10. The predicted octanol–water partition coefficient (Wildman–Crippen LogP) is 2.53. The third-order valence-electron chi connectivity index (χ3n) is 4.52. The lowest BCUT2D eigenvalue weighted by molar-refractivity contribution is -0.149. The molecule has 0 aliphatic carbocycles. The second kappa shape index (κ2) is 8.42. The Bertz CT molecular complexity index is 631. The van der Waals surface area contributed by atoms with Gasteiger partial charge >= 0.3 is 5.97 Å². The highest BCUT2D eigenvalue weighted by Crippen LogP contribution is 2.33. The molecule has 1 atom stereocenters. The summed E-state index contributed by atoms with van der Waals surface area (Å²) in [4.78, 5) is 12.1. The lowest BCUT2D eigenvalue weighted by atomic mass is 9.90. The van der Waals surface area contributed by atoms with Crippen molar-refractivity contribution >= 4 is 27.3 Å². The van der Waals surface area contributed by atoms with E-state index in [0.717, 1.165) is 37.0 Å². The summed E-state index contributed by atoms with van der Waals surface area (Å²) >= 11 is 1.13. The van der Waals surface area contributed by atoms with E-state index >= 15 is 0 Å². The summed E-state index contributed by atoms with van der Waals surface area (Å²) < 4.78 is 27.3. The number of nitrogens with one attached hydrogen (secondary N) is 1. The van der Waals surface area contributed by atoms with Crippen molar-refractivity contribution in [3.63, 3.8) is 0 Å². The third kappa shape index (κ3) is 3.99. The van der Waals surface area contributed by atoms with Crippen LogP contribution in [0, 0.1) is 0 Å². The molecule has 1 fully saturated rings. The van der Waals surface area contributed by atoms with Crippen molar-refractivity contribution in [1.82, 2.24) is 9.62 Å². The van der Waals surface area contributed by atoms with Gasteiger partial charge in [-0.25, -0.2) is 8.42 Å². The molecule has 1 aliphatic rings. The molecule has 2 rings (SSSR count). The predicted molar refractivity (Wildman–Crippen MR) is 94.8 cm³/mol. The molecule has 136 valence electrons. The molecule has 24 heavy (non-hydrogen) atoms. The molecule has 1 aromatic heterocycles. The van der Waals surface area contributed by atoms with Crippen molar-refractivity contribution in [2.75, 3.05) is 19.6 Å². The van der Waals surface area contributed by atoms with E-state index in [-0.39, 0.29) is 17.3 Å². The van der Waals surface area contributed by atoms with Crippen molar-refractivity contribution in [3.05, 3.63) is 17.5 Å². The molecule has 1 aliphatic heterocycles. The largest absolute Gasteiger partial charge is 0.480 e. The van der Waals surface area contributed by atoms with E-state index in [1.165, 1.54) is 10.4 Å². The van der Waals surface area contributed by atoms with Crippen molar-refractivity contribution in [2.45, 2.75) is 55.2 Å². The molecule has 0 saturated carbocycles. The standard InChI is InChI=1S/C16H26N2O4S2/c1-2-3-4-5-6-9-16(15(19)20)13-17-10-11-18(16)24(21,22)14-8-7-12-23-14/h7-8,12,17H,2-6,9-11,13H2,1H3,(H,19,20). The van der Waals surface area contributed by atoms with E-state index in [9.17, 15) is 18.3 Å². The fourth-order valence-electron chi connectivity index (χ4n) is 3.17. The quantitative estimate of drug-likeness (QED) is 0.649. The molecule has 2 N–H and O–H groups in total. The molecule has 1 aromatic rings. The minimum Gasteiger partial charge on any atom is -0.480 e. The van der Waals surface area contributed by atoms with Crippen LogP contribution in [-0.4, -0.2) is 49.0 Å². The molecule has 0 spiro atoms. The molecule has 8 heteroatoms. The maximum absolute atomic E-state index is 12.9. The Morgan fingerprint density at radius 3 is 2.75 bits per heavy atom. The van der Waals surface area contributed by atoms with Gasteiger partial charge in [-0.05, 0) is 17.9 Å². The second-order valence-corrected chi connectivity index (χ2v) is 9.22. The smallest absolute Gasteiger partial charge is 0.326 e. The minimum absolute atomic E-state index is 0.153. The molecule has 0 radical (unpaired) electrons. The number of carbonyl (C=O) groups is 1. The van der Waals surface area contributed by atoms with Crippen molar-refractivity contribution in [3.8, 4) is 0 Å². The number of nitrogens with zero attached hydrogens (tertiary/aromatic N) is 1. The lowest BCUT2D eigenvalue weighted by Crippen LogP contribution is -2.66. The monoisotopic (exact) mass is 374 g/mol. The van der Waals surface area contributed by atoms with Crippen LogP contribution in [0.3, 0.4) is 0 Å². The third-order valence-corrected chi connectivity index (χ3v) is 7.86. The van der Waals surface area contributed by atoms with E-state index in [1.54, 1.807) is 11.4 Å². The van der Waals surface area contributed by atoms with Crippen LogP contribution in [-0.2, 0) is 14.8 Å². The van der Waals surface area contributed by atoms with Gasteiger partial charge in [-0.1, -0.05) is 45.1 Å². The van der Waals surface area contributed by atoms with Crippen LogP contribution in [0.4, 0.5) is 0 Å². The maximum atomic E-state index is 12.9. The van der Waals surface area contributed by atoms with E-state index < -0.39 is 21.5 Å². The number of thiophene rings is 1. The Labute approximate surface area is 147 Å². The normalized spacial score (nSPS) is 22.5. The number of rotatable bonds is 9. The molecule has 6 nitrogen and oxygen atoms in total. The topological polar surface area (TPSA) is 86.7 Å². The first-order chi connectivity index (χ1) is 11.4. The van der Waals surface area contributed by atoms with Crippen LogP contribution < -0.4 is 5.32 Å². The average molecular weight is 375 g/mol. The maximum Gasteiger partial charge on any atom is 0.326 e. The van der Waals surface area contributed by atoms with Gasteiger partial charge in [0.05, 0.1) is 0 Å². The first-order valence-corrected chi connectivity index (χ1v) is 10.8. The number of sulfonamides is 1. The van der Waals surface area contributed by atoms with Gasteiger partial charge in [0.2, 0.25) is 0 Å². The van der Waals surface area contributed by atoms with Crippen molar-refractivity contribution in [1.29, 1.82) is 0 Å². The number of piperazine rings is 1. The Morgan fingerprint density at radius 2 is 2.12 bits per heavy atom.